The SMILES string of the molecule is N#Cc1ccc2c(c1)C(O)(c1ccccc1)N(C(=O)c1ccccc1)C2=O. The molecule has 0 radical (unpaired) electrons. The predicted octanol–water partition coefficient (Wildman–Crippen LogP) is 3.05. The summed E-state index contributed by atoms with van der Waals surface area (Å²) >= 11 is 0. The van der Waals surface area contributed by atoms with Crippen LogP contribution in [0.3, 0.4) is 0 Å². The molecule has 1 aliphatic heterocycles. The maximum absolute atomic E-state index is 13.1. The third kappa shape index (κ3) is 2.43. The lowest BCUT2D eigenvalue weighted by Gasteiger charge is -2.33. The lowest BCUT2D eigenvalue weighted by atomic mass is 9.92. The second kappa shape index (κ2) is 6.20. The number of carbonyl (C=O) groups excluding carboxylic acids is 2. The maximum Gasteiger partial charge on any atom is 0.264 e. The third-order valence-electron chi connectivity index (χ3n) is 4.68. The summed E-state index contributed by atoms with van der Waals surface area (Å²) in [6, 6.07) is 23.3. The molecule has 5 nitrogen and oxygen atoms in total. The van der Waals surface area contributed by atoms with Crippen LogP contribution in [-0.2, 0) is 5.72 Å². The second-order valence-corrected chi connectivity index (χ2v) is 6.22. The van der Waals surface area contributed by atoms with Crippen LogP contribution >= 0.6 is 0 Å². The Balaban J connectivity index is 1.97. The van der Waals surface area contributed by atoms with E-state index >= 15 is 0 Å². The molecule has 1 atom stereocenters. The van der Waals surface area contributed by atoms with E-state index < -0.39 is 17.5 Å². The molecule has 0 bridgehead atoms. The van der Waals surface area contributed by atoms with Crippen molar-refractivity contribution in [3.05, 3.63) is 107 Å². The van der Waals surface area contributed by atoms with Gasteiger partial charge in [-0.15, -0.1) is 0 Å². The fraction of sp³-hybridized carbons (Fsp3) is 0.0455. The van der Waals surface area contributed by atoms with Gasteiger partial charge in [-0.1, -0.05) is 48.5 Å². The zero-order chi connectivity index (χ0) is 19.0. The molecule has 1 unspecified atom stereocenters. The molecular weight excluding hydrogens is 340 g/mol. The standard InChI is InChI=1S/C22H14N2O3/c23-14-15-11-12-18-19(13-15)22(27,17-9-5-2-6-10-17)24(21(18)26)20(25)16-7-3-1-4-8-16/h1-13,27H. The molecule has 4 rings (SSSR count). The van der Waals surface area contributed by atoms with Gasteiger partial charge in [-0.25, -0.2) is 4.90 Å². The van der Waals surface area contributed by atoms with E-state index in [0.29, 0.717) is 11.1 Å². The van der Waals surface area contributed by atoms with E-state index in [1.54, 1.807) is 60.7 Å². The summed E-state index contributed by atoms with van der Waals surface area (Å²) in [7, 11) is 0. The van der Waals surface area contributed by atoms with Gasteiger partial charge in [-0.05, 0) is 30.3 Å². The van der Waals surface area contributed by atoms with Gasteiger partial charge in [0.2, 0.25) is 5.72 Å². The van der Waals surface area contributed by atoms with Crippen LogP contribution in [0.5, 0.6) is 0 Å². The van der Waals surface area contributed by atoms with Crippen molar-refractivity contribution < 1.29 is 14.7 Å². The molecule has 1 heterocycles. The first-order valence-electron chi connectivity index (χ1n) is 8.34. The van der Waals surface area contributed by atoms with E-state index in [2.05, 4.69) is 0 Å². The van der Waals surface area contributed by atoms with Crippen LogP contribution in [-0.4, -0.2) is 21.8 Å². The number of nitrogens with zero attached hydrogens (tertiary/aromatic N) is 2. The first-order chi connectivity index (χ1) is 13.1. The van der Waals surface area contributed by atoms with Crippen molar-refractivity contribution in [2.75, 3.05) is 0 Å². The molecule has 3 aromatic carbocycles. The van der Waals surface area contributed by atoms with Gasteiger partial charge in [0.1, 0.15) is 0 Å². The van der Waals surface area contributed by atoms with Gasteiger partial charge in [0.15, 0.2) is 0 Å². The summed E-state index contributed by atoms with van der Waals surface area (Å²) in [6.07, 6.45) is 0. The van der Waals surface area contributed by atoms with Crippen LogP contribution in [0.15, 0.2) is 78.9 Å². The van der Waals surface area contributed by atoms with Gasteiger partial charge in [-0.2, -0.15) is 5.26 Å². The minimum absolute atomic E-state index is 0.199. The van der Waals surface area contributed by atoms with E-state index in [1.807, 2.05) is 6.07 Å². The zero-order valence-corrected chi connectivity index (χ0v) is 14.2. The van der Waals surface area contributed by atoms with Crippen LogP contribution in [0.2, 0.25) is 0 Å². The number of imide groups is 1. The Hall–Kier alpha value is -3.75. The van der Waals surface area contributed by atoms with Crippen LogP contribution in [0.1, 0.15) is 37.4 Å². The van der Waals surface area contributed by atoms with Crippen LogP contribution in [0.4, 0.5) is 0 Å². The first-order valence-corrected chi connectivity index (χ1v) is 8.34. The summed E-state index contributed by atoms with van der Waals surface area (Å²) in [5, 5.41) is 20.9. The van der Waals surface area contributed by atoms with Crippen molar-refractivity contribution in [2.45, 2.75) is 5.72 Å². The summed E-state index contributed by atoms with van der Waals surface area (Å²) < 4.78 is 0. The highest BCUT2D eigenvalue weighted by atomic mass is 16.3. The van der Waals surface area contributed by atoms with Crippen molar-refractivity contribution in [1.29, 1.82) is 5.26 Å². The largest absolute Gasteiger partial charge is 0.363 e. The highest BCUT2D eigenvalue weighted by Gasteiger charge is 2.53. The summed E-state index contributed by atoms with van der Waals surface area (Å²) in [5.74, 6) is -1.21. The van der Waals surface area contributed by atoms with Crippen molar-refractivity contribution in [3.63, 3.8) is 0 Å². The molecular formula is C22H14N2O3. The smallest absolute Gasteiger partial charge is 0.264 e. The van der Waals surface area contributed by atoms with Gasteiger partial charge in [0.05, 0.1) is 11.6 Å². The number of benzene rings is 3. The molecule has 0 saturated carbocycles. The minimum Gasteiger partial charge on any atom is -0.363 e. The van der Waals surface area contributed by atoms with Gasteiger partial charge in [-0.3, -0.25) is 9.59 Å². The van der Waals surface area contributed by atoms with Gasteiger partial charge in [0.25, 0.3) is 11.8 Å². The normalized spacial score (nSPS) is 18.1. The number of aliphatic hydroxyl groups is 1. The van der Waals surface area contributed by atoms with Crippen LogP contribution in [0, 0.1) is 11.3 Å². The van der Waals surface area contributed by atoms with Crippen LogP contribution < -0.4 is 0 Å². The number of carbonyl (C=O) groups is 2. The van der Waals surface area contributed by atoms with Gasteiger partial charge < -0.3 is 5.11 Å². The van der Waals surface area contributed by atoms with Crippen molar-refractivity contribution >= 4 is 11.8 Å². The zero-order valence-electron chi connectivity index (χ0n) is 14.2. The Morgan fingerprint density at radius 3 is 2.22 bits per heavy atom. The minimum atomic E-state index is -1.99. The summed E-state index contributed by atoms with van der Waals surface area (Å²) in [4.78, 5) is 27.1. The van der Waals surface area contributed by atoms with Crippen LogP contribution in [0.25, 0.3) is 0 Å². The molecule has 2 amide bonds. The highest BCUT2D eigenvalue weighted by Crippen LogP contribution is 2.43. The highest BCUT2D eigenvalue weighted by molar-refractivity contribution is 6.14. The lowest BCUT2D eigenvalue weighted by Crippen LogP contribution is -2.48. The monoisotopic (exact) mass is 354 g/mol. The molecule has 1 N–H and O–H groups in total. The average Bonchev–Trinajstić information content (AvgIpc) is 2.96. The lowest BCUT2D eigenvalue weighted by molar-refractivity contribution is -0.0362. The fourth-order valence-electron chi connectivity index (χ4n) is 3.38. The summed E-state index contributed by atoms with van der Waals surface area (Å²) in [5.41, 5.74) is -0.616. The Labute approximate surface area is 155 Å². The third-order valence-corrected chi connectivity index (χ3v) is 4.68. The molecule has 27 heavy (non-hydrogen) atoms. The number of amides is 2. The van der Waals surface area contributed by atoms with E-state index in [0.717, 1.165) is 4.90 Å². The van der Waals surface area contributed by atoms with E-state index in [-0.39, 0.29) is 16.7 Å². The predicted molar refractivity (Wildman–Crippen MR) is 97.5 cm³/mol. The Morgan fingerprint density at radius 1 is 0.963 bits per heavy atom. The Bertz CT molecular complexity index is 1090. The number of rotatable bonds is 2. The molecule has 3 aromatic rings. The van der Waals surface area contributed by atoms with Gasteiger partial charge in [0, 0.05) is 22.3 Å². The Morgan fingerprint density at radius 2 is 1.59 bits per heavy atom. The number of nitriles is 1. The molecule has 130 valence electrons. The molecule has 5 heteroatoms. The number of fused-ring (bicyclic) bond motifs is 1. The molecule has 0 spiro atoms. The maximum atomic E-state index is 13.1. The fourth-order valence-corrected chi connectivity index (χ4v) is 3.38. The van der Waals surface area contributed by atoms with E-state index in [1.165, 1.54) is 18.2 Å². The molecule has 0 aliphatic carbocycles. The molecule has 0 fully saturated rings. The van der Waals surface area contributed by atoms with E-state index in [9.17, 15) is 20.0 Å². The first kappa shape index (κ1) is 16.7. The Kier molecular flexibility index (Phi) is 3.84. The number of hydrogen-bond donors (Lipinski definition) is 1. The molecule has 1 aliphatic rings. The van der Waals surface area contributed by atoms with Gasteiger partial charge >= 0.3 is 0 Å². The number of hydrogen-bond acceptors (Lipinski definition) is 4. The van der Waals surface area contributed by atoms with Crippen molar-refractivity contribution in [1.82, 2.24) is 4.90 Å². The topological polar surface area (TPSA) is 81.4 Å². The quantitative estimate of drug-likeness (QED) is 0.717. The van der Waals surface area contributed by atoms with Crippen molar-refractivity contribution in [3.8, 4) is 6.07 Å². The summed E-state index contributed by atoms with van der Waals surface area (Å²) in [6.45, 7) is 0. The second-order valence-electron chi connectivity index (χ2n) is 6.22. The molecule has 0 saturated heterocycles. The average molecular weight is 354 g/mol. The van der Waals surface area contributed by atoms with E-state index in [4.69, 9.17) is 0 Å². The van der Waals surface area contributed by atoms with Crippen molar-refractivity contribution in [2.24, 2.45) is 0 Å². The molecule has 0 aromatic heterocycles.